The van der Waals surface area contributed by atoms with Crippen LogP contribution in [0.2, 0.25) is 0 Å². The van der Waals surface area contributed by atoms with Crippen LogP contribution in [0.4, 0.5) is 0 Å². The van der Waals surface area contributed by atoms with Gasteiger partial charge in [-0.05, 0) is 44.9 Å². The Morgan fingerprint density at radius 1 is 0.453 bits per heavy atom. The van der Waals surface area contributed by atoms with Crippen molar-refractivity contribution in [3.05, 3.63) is 36.5 Å². The second-order valence-electron chi connectivity index (χ2n) is 23.8. The first-order valence-electron chi connectivity index (χ1n) is 32.9. The van der Waals surface area contributed by atoms with E-state index in [1.165, 1.54) is 263 Å². The zero-order valence-electron chi connectivity index (χ0n) is 50.8. The van der Waals surface area contributed by atoms with Gasteiger partial charge >= 0.3 is 0 Å². The lowest BCUT2D eigenvalue weighted by atomic mass is 10.0. The molecule has 0 spiro atoms. The van der Waals surface area contributed by atoms with E-state index in [-0.39, 0.29) is 12.5 Å². The van der Waals surface area contributed by atoms with Crippen molar-refractivity contribution in [2.24, 2.45) is 0 Å². The lowest BCUT2D eigenvalue weighted by molar-refractivity contribution is -0.870. The molecule has 0 saturated carbocycles. The van der Waals surface area contributed by atoms with Crippen LogP contribution in [0.25, 0.3) is 0 Å². The largest absolute Gasteiger partial charge is 0.756 e. The molecule has 2 N–H and O–H groups in total. The number of rotatable bonds is 61. The molecule has 444 valence electrons. The molecule has 3 unspecified atom stereocenters. The number of amides is 1. The smallest absolute Gasteiger partial charge is 0.268 e. The molecule has 0 aliphatic rings. The number of nitrogens with one attached hydrogen (secondary N) is 1. The van der Waals surface area contributed by atoms with Crippen molar-refractivity contribution in [3.8, 4) is 0 Å². The highest BCUT2D eigenvalue weighted by atomic mass is 31.2. The van der Waals surface area contributed by atoms with Gasteiger partial charge in [0.1, 0.15) is 13.2 Å². The van der Waals surface area contributed by atoms with Crippen LogP contribution in [0.15, 0.2) is 36.5 Å². The van der Waals surface area contributed by atoms with E-state index < -0.39 is 26.6 Å². The number of likely N-dealkylation sites (N-methyl/N-ethyl adjacent to an activating group) is 1. The Balaban J connectivity index is 3.90. The van der Waals surface area contributed by atoms with Crippen molar-refractivity contribution < 1.29 is 32.9 Å². The van der Waals surface area contributed by atoms with Crippen molar-refractivity contribution in [2.45, 2.75) is 341 Å². The average Bonchev–Trinajstić information content (AvgIpc) is 3.37. The summed E-state index contributed by atoms with van der Waals surface area (Å²) < 4.78 is 23.3. The first-order valence-corrected chi connectivity index (χ1v) is 34.3. The van der Waals surface area contributed by atoms with E-state index in [1.807, 2.05) is 27.2 Å². The van der Waals surface area contributed by atoms with Crippen molar-refractivity contribution in [1.82, 2.24) is 5.32 Å². The molecule has 0 aromatic rings. The zero-order valence-corrected chi connectivity index (χ0v) is 51.7. The number of nitrogens with zero attached hydrogens (tertiary/aromatic N) is 1. The highest BCUT2D eigenvalue weighted by Crippen LogP contribution is 2.38. The molecule has 8 nitrogen and oxygen atoms in total. The normalized spacial score (nSPS) is 14.0. The molecule has 0 saturated heterocycles. The summed E-state index contributed by atoms with van der Waals surface area (Å²) in [4.78, 5) is 25.5. The van der Waals surface area contributed by atoms with Crippen LogP contribution in [0.1, 0.15) is 328 Å². The lowest BCUT2D eigenvalue weighted by Crippen LogP contribution is -2.45. The standard InChI is InChI=1S/C66H129N2O6P/c1-6-8-10-12-14-16-18-20-22-23-24-25-26-27-28-29-30-31-32-33-34-35-36-37-38-39-40-41-42-43-44-46-48-50-52-54-56-58-60-66(70)67-64(63-74-75(71,72)73-62-61-68(3,4)5)65(69)59-57-55-53-51-49-47-45-21-19-17-15-13-11-9-7-2/h19,21,49,51,57,59,64-65,69H,6-18,20,22-48,50,52-56,58,60-63H2,1-5H3,(H-,67,70,71,72)/b21-19+,51-49+,59-57+. The highest BCUT2D eigenvalue weighted by Gasteiger charge is 2.23. The molecule has 0 aliphatic heterocycles. The molecule has 0 bridgehead atoms. The number of quaternary nitrogens is 1. The first-order chi connectivity index (χ1) is 36.5. The summed E-state index contributed by atoms with van der Waals surface area (Å²) >= 11 is 0. The molecular weight excluding hydrogens is 948 g/mol. The van der Waals surface area contributed by atoms with Gasteiger partial charge in [-0.15, -0.1) is 0 Å². The maximum Gasteiger partial charge on any atom is 0.268 e. The minimum absolute atomic E-state index is 0.00747. The number of aliphatic hydroxyl groups excluding tert-OH is 1. The van der Waals surface area contributed by atoms with E-state index in [9.17, 15) is 19.4 Å². The average molecular weight is 1080 g/mol. The lowest BCUT2D eigenvalue weighted by Gasteiger charge is -2.29. The van der Waals surface area contributed by atoms with Crippen molar-refractivity contribution in [1.29, 1.82) is 0 Å². The van der Waals surface area contributed by atoms with E-state index in [4.69, 9.17) is 9.05 Å². The summed E-state index contributed by atoms with van der Waals surface area (Å²) in [5.41, 5.74) is 0. The van der Waals surface area contributed by atoms with Gasteiger partial charge in [-0.3, -0.25) is 9.36 Å². The summed E-state index contributed by atoms with van der Waals surface area (Å²) in [6, 6.07) is -0.908. The topological polar surface area (TPSA) is 108 Å². The van der Waals surface area contributed by atoms with Crippen LogP contribution in [0.5, 0.6) is 0 Å². The van der Waals surface area contributed by atoms with Gasteiger partial charge in [0.15, 0.2) is 0 Å². The van der Waals surface area contributed by atoms with Crippen molar-refractivity contribution in [3.63, 3.8) is 0 Å². The summed E-state index contributed by atoms with van der Waals surface area (Å²) in [7, 11) is 1.25. The third-order valence-electron chi connectivity index (χ3n) is 15.1. The number of allylic oxidation sites excluding steroid dienone is 5. The minimum Gasteiger partial charge on any atom is -0.756 e. The second kappa shape index (κ2) is 57.4. The molecule has 0 fully saturated rings. The van der Waals surface area contributed by atoms with Crippen LogP contribution in [0, 0.1) is 0 Å². The number of hydrogen-bond donors (Lipinski definition) is 2. The number of hydrogen-bond acceptors (Lipinski definition) is 6. The fourth-order valence-corrected chi connectivity index (χ4v) is 10.7. The van der Waals surface area contributed by atoms with E-state index in [1.54, 1.807) is 6.08 Å². The molecule has 9 heteroatoms. The molecule has 0 rings (SSSR count). The third-order valence-corrected chi connectivity index (χ3v) is 16.0. The molecular formula is C66H129N2O6P. The van der Waals surface area contributed by atoms with Gasteiger partial charge in [0, 0.05) is 6.42 Å². The summed E-state index contributed by atoms with van der Waals surface area (Å²) in [6.45, 7) is 4.64. The number of aliphatic hydroxyl groups is 1. The van der Waals surface area contributed by atoms with Gasteiger partial charge in [0.25, 0.3) is 7.82 Å². The van der Waals surface area contributed by atoms with E-state index >= 15 is 0 Å². The molecule has 1 amide bonds. The van der Waals surface area contributed by atoms with Crippen LogP contribution in [-0.4, -0.2) is 68.5 Å². The Labute approximate surface area is 467 Å². The first kappa shape index (κ1) is 73.7. The Morgan fingerprint density at radius 2 is 0.747 bits per heavy atom. The Morgan fingerprint density at radius 3 is 1.08 bits per heavy atom. The van der Waals surface area contributed by atoms with E-state index in [0.717, 1.165) is 44.9 Å². The Hall–Kier alpha value is -1.28. The fraction of sp³-hybridized carbons (Fsp3) is 0.894. The predicted octanol–water partition coefficient (Wildman–Crippen LogP) is 19.9. The number of carbonyl (C=O) groups excluding carboxylic acids is 1. The molecule has 0 aromatic heterocycles. The number of phosphoric acid groups is 1. The fourth-order valence-electron chi connectivity index (χ4n) is 9.95. The highest BCUT2D eigenvalue weighted by molar-refractivity contribution is 7.45. The maximum atomic E-state index is 13.0. The molecule has 0 radical (unpaired) electrons. The summed E-state index contributed by atoms with van der Waals surface area (Å²) in [5.74, 6) is -0.206. The second-order valence-corrected chi connectivity index (χ2v) is 25.2. The number of phosphoric ester groups is 1. The molecule has 3 atom stereocenters. The quantitative estimate of drug-likeness (QED) is 0.0272. The third kappa shape index (κ3) is 60.2. The summed E-state index contributed by atoms with van der Waals surface area (Å²) in [5, 5.41) is 13.9. The van der Waals surface area contributed by atoms with Crippen molar-refractivity contribution >= 4 is 13.7 Å². The maximum absolute atomic E-state index is 13.0. The molecule has 0 heterocycles. The molecule has 0 aliphatic carbocycles. The van der Waals surface area contributed by atoms with Gasteiger partial charge in [0.05, 0.1) is 39.9 Å². The Kier molecular flexibility index (Phi) is 56.4. The van der Waals surface area contributed by atoms with Crippen LogP contribution >= 0.6 is 7.82 Å². The number of unbranched alkanes of at least 4 members (excludes halogenated alkanes) is 44. The van der Waals surface area contributed by atoms with Gasteiger partial charge in [-0.2, -0.15) is 0 Å². The van der Waals surface area contributed by atoms with Gasteiger partial charge in [-0.1, -0.05) is 314 Å². The van der Waals surface area contributed by atoms with Crippen LogP contribution < -0.4 is 10.2 Å². The van der Waals surface area contributed by atoms with E-state index in [2.05, 4.69) is 43.5 Å². The van der Waals surface area contributed by atoms with Gasteiger partial charge < -0.3 is 28.8 Å². The van der Waals surface area contributed by atoms with Crippen LogP contribution in [-0.2, 0) is 18.4 Å². The minimum atomic E-state index is -4.61. The predicted molar refractivity (Wildman–Crippen MR) is 325 cm³/mol. The van der Waals surface area contributed by atoms with Crippen molar-refractivity contribution in [2.75, 3.05) is 40.9 Å². The molecule has 0 aromatic carbocycles. The monoisotopic (exact) mass is 1080 g/mol. The van der Waals surface area contributed by atoms with E-state index in [0.29, 0.717) is 17.4 Å². The summed E-state index contributed by atoms with van der Waals surface area (Å²) in [6.07, 6.45) is 75.7. The Bertz CT molecular complexity index is 1320. The van der Waals surface area contributed by atoms with Crippen LogP contribution in [0.3, 0.4) is 0 Å². The zero-order chi connectivity index (χ0) is 54.9. The van der Waals surface area contributed by atoms with Gasteiger partial charge in [0.2, 0.25) is 5.91 Å². The number of carbonyl (C=O) groups is 1. The van der Waals surface area contributed by atoms with Gasteiger partial charge in [-0.25, -0.2) is 0 Å². The molecule has 75 heavy (non-hydrogen) atoms. The SMILES string of the molecule is CCCCCCC/C=C/CC/C=C/CC/C=C/C(O)C(COP(=O)([O-])OCC[N+](C)(C)C)NC(=O)CCCCCCCCCCCCCCCCCCCCCCCCCCCCCCCCCCCCCCCC.